The van der Waals surface area contributed by atoms with Crippen molar-refractivity contribution in [1.82, 2.24) is 4.90 Å². The van der Waals surface area contributed by atoms with Gasteiger partial charge in [-0.2, -0.15) is 0 Å². The van der Waals surface area contributed by atoms with Crippen LogP contribution in [0, 0.1) is 0 Å². The number of hydrogen-bond acceptors (Lipinski definition) is 3. The second-order valence-corrected chi connectivity index (χ2v) is 5.25. The van der Waals surface area contributed by atoms with Crippen LogP contribution in [0.5, 0.6) is 0 Å². The quantitative estimate of drug-likeness (QED) is 0.885. The molecule has 0 amide bonds. The summed E-state index contributed by atoms with van der Waals surface area (Å²) in [7, 11) is 0. The highest BCUT2D eigenvalue weighted by Gasteiger charge is 2.27. The zero-order valence-corrected chi connectivity index (χ0v) is 12.0. The molecular weight excluding hydrogens is 238 g/mol. The van der Waals surface area contributed by atoms with E-state index in [0.29, 0.717) is 0 Å². The lowest BCUT2D eigenvalue weighted by molar-refractivity contribution is -0.0898. The van der Waals surface area contributed by atoms with Crippen molar-refractivity contribution < 1.29 is 9.84 Å². The summed E-state index contributed by atoms with van der Waals surface area (Å²) in [6.07, 6.45) is 1.51. The second-order valence-electron chi connectivity index (χ2n) is 5.25. The molecule has 1 aliphatic heterocycles. The molecule has 3 nitrogen and oxygen atoms in total. The predicted octanol–water partition coefficient (Wildman–Crippen LogP) is 2.39. The SMILES string of the molecule is CCCN1CCOC(C(O)c2cccc(CC)c2)C1. The van der Waals surface area contributed by atoms with E-state index in [0.717, 1.165) is 44.6 Å². The minimum absolute atomic E-state index is 0.104. The van der Waals surface area contributed by atoms with Crippen molar-refractivity contribution in [3.05, 3.63) is 35.4 Å². The summed E-state index contributed by atoms with van der Waals surface area (Å²) in [5.41, 5.74) is 2.24. The van der Waals surface area contributed by atoms with Crippen molar-refractivity contribution >= 4 is 0 Å². The maximum atomic E-state index is 10.5. The fourth-order valence-corrected chi connectivity index (χ4v) is 2.65. The van der Waals surface area contributed by atoms with E-state index in [9.17, 15) is 5.11 Å². The monoisotopic (exact) mass is 263 g/mol. The number of nitrogens with zero attached hydrogens (tertiary/aromatic N) is 1. The summed E-state index contributed by atoms with van der Waals surface area (Å²) in [5, 5.41) is 10.5. The zero-order chi connectivity index (χ0) is 13.7. The number of morpholine rings is 1. The van der Waals surface area contributed by atoms with Gasteiger partial charge in [-0.1, -0.05) is 38.1 Å². The Kier molecular flexibility index (Phi) is 5.37. The van der Waals surface area contributed by atoms with Gasteiger partial charge in [0.15, 0.2) is 0 Å². The Balaban J connectivity index is 2.03. The van der Waals surface area contributed by atoms with E-state index in [2.05, 4.69) is 30.9 Å². The fraction of sp³-hybridized carbons (Fsp3) is 0.625. The van der Waals surface area contributed by atoms with Crippen molar-refractivity contribution in [2.75, 3.05) is 26.2 Å². The summed E-state index contributed by atoms with van der Waals surface area (Å²) in [5.74, 6) is 0. The zero-order valence-electron chi connectivity index (χ0n) is 12.0. The van der Waals surface area contributed by atoms with Crippen molar-refractivity contribution in [1.29, 1.82) is 0 Å². The van der Waals surface area contributed by atoms with E-state index in [4.69, 9.17) is 4.74 Å². The van der Waals surface area contributed by atoms with Crippen LogP contribution in [-0.4, -0.2) is 42.4 Å². The molecule has 0 aromatic heterocycles. The van der Waals surface area contributed by atoms with Crippen molar-refractivity contribution in [3.8, 4) is 0 Å². The van der Waals surface area contributed by atoms with Crippen LogP contribution in [0.4, 0.5) is 0 Å². The summed E-state index contributed by atoms with van der Waals surface area (Å²) < 4.78 is 5.75. The molecule has 1 aromatic rings. The highest BCUT2D eigenvalue weighted by molar-refractivity contribution is 5.26. The molecule has 1 aromatic carbocycles. The first kappa shape index (κ1) is 14.5. The van der Waals surface area contributed by atoms with Crippen LogP contribution < -0.4 is 0 Å². The summed E-state index contributed by atoms with van der Waals surface area (Å²) in [4.78, 5) is 2.38. The molecule has 1 heterocycles. The van der Waals surface area contributed by atoms with Gasteiger partial charge in [0.2, 0.25) is 0 Å². The molecular formula is C16H25NO2. The van der Waals surface area contributed by atoms with Crippen LogP contribution in [-0.2, 0) is 11.2 Å². The average Bonchev–Trinajstić information content (AvgIpc) is 2.47. The molecule has 1 saturated heterocycles. The molecule has 0 radical (unpaired) electrons. The van der Waals surface area contributed by atoms with E-state index in [-0.39, 0.29) is 6.10 Å². The van der Waals surface area contributed by atoms with E-state index < -0.39 is 6.10 Å². The number of benzene rings is 1. The third kappa shape index (κ3) is 3.78. The van der Waals surface area contributed by atoms with E-state index in [1.165, 1.54) is 5.56 Å². The maximum absolute atomic E-state index is 10.5. The lowest BCUT2D eigenvalue weighted by Gasteiger charge is -2.35. The largest absolute Gasteiger partial charge is 0.386 e. The molecule has 0 bridgehead atoms. The summed E-state index contributed by atoms with van der Waals surface area (Å²) >= 11 is 0. The minimum Gasteiger partial charge on any atom is -0.386 e. The van der Waals surface area contributed by atoms with Gasteiger partial charge in [0.05, 0.1) is 6.61 Å². The fourth-order valence-electron chi connectivity index (χ4n) is 2.65. The van der Waals surface area contributed by atoms with E-state index >= 15 is 0 Å². The highest BCUT2D eigenvalue weighted by atomic mass is 16.5. The lowest BCUT2D eigenvalue weighted by atomic mass is 10.00. The molecule has 1 fully saturated rings. The molecule has 1 aliphatic rings. The minimum atomic E-state index is -0.522. The number of aliphatic hydroxyl groups is 1. The molecule has 19 heavy (non-hydrogen) atoms. The van der Waals surface area contributed by atoms with Crippen LogP contribution in [0.25, 0.3) is 0 Å². The van der Waals surface area contributed by atoms with Gasteiger partial charge < -0.3 is 9.84 Å². The molecule has 0 saturated carbocycles. The van der Waals surface area contributed by atoms with Gasteiger partial charge in [0.25, 0.3) is 0 Å². The smallest absolute Gasteiger partial charge is 0.106 e. The topological polar surface area (TPSA) is 32.7 Å². The van der Waals surface area contributed by atoms with Crippen LogP contribution >= 0.6 is 0 Å². The maximum Gasteiger partial charge on any atom is 0.106 e. The average molecular weight is 263 g/mol. The number of aliphatic hydroxyl groups excluding tert-OH is 1. The Hall–Kier alpha value is -0.900. The predicted molar refractivity (Wildman–Crippen MR) is 77.3 cm³/mol. The van der Waals surface area contributed by atoms with Gasteiger partial charge in [-0.25, -0.2) is 0 Å². The first-order valence-corrected chi connectivity index (χ1v) is 7.35. The van der Waals surface area contributed by atoms with Crippen molar-refractivity contribution in [3.63, 3.8) is 0 Å². The van der Waals surface area contributed by atoms with Gasteiger partial charge in [-0.15, -0.1) is 0 Å². The third-order valence-corrected chi connectivity index (χ3v) is 3.77. The normalized spacial score (nSPS) is 22.4. The molecule has 2 rings (SSSR count). The van der Waals surface area contributed by atoms with Crippen LogP contribution in [0.2, 0.25) is 0 Å². The third-order valence-electron chi connectivity index (χ3n) is 3.77. The Morgan fingerprint density at radius 2 is 2.26 bits per heavy atom. The first-order chi connectivity index (χ1) is 9.24. The van der Waals surface area contributed by atoms with Crippen LogP contribution in [0.1, 0.15) is 37.5 Å². The standard InChI is InChI=1S/C16H25NO2/c1-3-8-17-9-10-19-15(12-17)16(18)14-7-5-6-13(4-2)11-14/h5-7,11,15-16,18H,3-4,8-10,12H2,1-2H3. The van der Waals surface area contributed by atoms with Gasteiger partial charge in [0.1, 0.15) is 12.2 Å². The number of ether oxygens (including phenoxy) is 1. The van der Waals surface area contributed by atoms with E-state index in [1.54, 1.807) is 0 Å². The van der Waals surface area contributed by atoms with Gasteiger partial charge >= 0.3 is 0 Å². The highest BCUT2D eigenvalue weighted by Crippen LogP contribution is 2.23. The Bertz CT molecular complexity index is 392. The lowest BCUT2D eigenvalue weighted by Crippen LogP contribution is -2.45. The molecule has 2 atom stereocenters. The second kappa shape index (κ2) is 7.04. The van der Waals surface area contributed by atoms with Crippen LogP contribution in [0.15, 0.2) is 24.3 Å². The van der Waals surface area contributed by atoms with E-state index in [1.807, 2.05) is 12.1 Å². The number of hydrogen-bond donors (Lipinski definition) is 1. The number of aryl methyl sites for hydroxylation is 1. The number of rotatable bonds is 5. The van der Waals surface area contributed by atoms with Crippen molar-refractivity contribution in [2.24, 2.45) is 0 Å². The van der Waals surface area contributed by atoms with Crippen molar-refractivity contribution in [2.45, 2.75) is 38.9 Å². The first-order valence-electron chi connectivity index (χ1n) is 7.35. The Morgan fingerprint density at radius 1 is 1.42 bits per heavy atom. The van der Waals surface area contributed by atoms with Gasteiger partial charge in [-0.3, -0.25) is 4.90 Å². The molecule has 0 aliphatic carbocycles. The summed E-state index contributed by atoms with van der Waals surface area (Å²) in [6, 6.07) is 8.20. The molecule has 106 valence electrons. The molecule has 0 spiro atoms. The van der Waals surface area contributed by atoms with Crippen LogP contribution in [0.3, 0.4) is 0 Å². The van der Waals surface area contributed by atoms with Gasteiger partial charge in [0, 0.05) is 13.1 Å². The molecule has 1 N–H and O–H groups in total. The molecule has 2 unspecified atom stereocenters. The summed E-state index contributed by atoms with van der Waals surface area (Å²) in [6.45, 7) is 7.92. The molecule has 3 heteroatoms. The Labute approximate surface area is 116 Å². The Morgan fingerprint density at radius 3 is 3.00 bits per heavy atom. The van der Waals surface area contributed by atoms with Gasteiger partial charge in [-0.05, 0) is 30.5 Å².